The zero-order valence-corrected chi connectivity index (χ0v) is 9.72. The number of hydrogen-bond donors (Lipinski definition) is 1. The Balaban J connectivity index is 2.69. The molecule has 0 aliphatic carbocycles. The summed E-state index contributed by atoms with van der Waals surface area (Å²) in [5, 5.41) is 3.25. The molecule has 72 valence electrons. The fourth-order valence-corrected chi connectivity index (χ4v) is 0.973. The summed E-state index contributed by atoms with van der Waals surface area (Å²) in [4.78, 5) is 8.28. The van der Waals surface area contributed by atoms with Gasteiger partial charge in [-0.05, 0) is 36.2 Å². The number of hydrogen-bond acceptors (Lipinski definition) is 3. The second kappa shape index (κ2) is 4.05. The molecule has 1 heterocycles. The Morgan fingerprint density at radius 3 is 2.38 bits per heavy atom. The van der Waals surface area contributed by atoms with Crippen LogP contribution in [0.25, 0.3) is 0 Å². The van der Waals surface area contributed by atoms with Crippen molar-refractivity contribution in [1.29, 1.82) is 0 Å². The van der Waals surface area contributed by atoms with E-state index in [0.29, 0.717) is 5.95 Å². The van der Waals surface area contributed by atoms with Crippen molar-refractivity contribution in [2.24, 2.45) is 0 Å². The number of nitrogens with one attached hydrogen (secondary N) is 1. The monoisotopic (exact) mass is 243 g/mol. The highest BCUT2D eigenvalue weighted by molar-refractivity contribution is 9.10. The number of rotatable bonds is 3. The van der Waals surface area contributed by atoms with E-state index in [4.69, 9.17) is 0 Å². The van der Waals surface area contributed by atoms with Gasteiger partial charge in [-0.25, -0.2) is 9.97 Å². The lowest BCUT2D eigenvalue weighted by atomic mass is 10.0. The summed E-state index contributed by atoms with van der Waals surface area (Å²) in [5.74, 6) is 0.676. The lowest BCUT2D eigenvalue weighted by Gasteiger charge is -2.24. The van der Waals surface area contributed by atoms with Crippen LogP contribution in [0.5, 0.6) is 0 Å². The highest BCUT2D eigenvalue weighted by atomic mass is 79.9. The van der Waals surface area contributed by atoms with Crippen molar-refractivity contribution in [3.8, 4) is 0 Å². The van der Waals surface area contributed by atoms with Gasteiger partial charge in [0.25, 0.3) is 0 Å². The van der Waals surface area contributed by atoms with E-state index in [2.05, 4.69) is 52.0 Å². The van der Waals surface area contributed by atoms with Gasteiger partial charge in [0, 0.05) is 17.9 Å². The molecular formula is C9H14BrN3. The third kappa shape index (κ3) is 3.30. The van der Waals surface area contributed by atoms with E-state index in [1.54, 1.807) is 12.4 Å². The standard InChI is InChI=1S/C9H14BrN3/c1-4-9(2,3)13-8-11-5-7(10)6-12-8/h5-6H,4H2,1-3H3,(H,11,12,13). The van der Waals surface area contributed by atoms with Gasteiger partial charge in [-0.3, -0.25) is 0 Å². The van der Waals surface area contributed by atoms with E-state index in [9.17, 15) is 0 Å². The van der Waals surface area contributed by atoms with Crippen molar-refractivity contribution < 1.29 is 0 Å². The van der Waals surface area contributed by atoms with Crippen molar-refractivity contribution in [2.45, 2.75) is 32.7 Å². The SMILES string of the molecule is CCC(C)(C)Nc1ncc(Br)cn1. The molecule has 3 nitrogen and oxygen atoms in total. The van der Waals surface area contributed by atoms with Gasteiger partial charge < -0.3 is 5.32 Å². The Morgan fingerprint density at radius 2 is 1.92 bits per heavy atom. The maximum absolute atomic E-state index is 4.14. The molecule has 13 heavy (non-hydrogen) atoms. The number of anilines is 1. The predicted octanol–water partition coefficient (Wildman–Crippen LogP) is 2.84. The number of aromatic nitrogens is 2. The molecule has 0 saturated heterocycles. The summed E-state index contributed by atoms with van der Waals surface area (Å²) in [5.41, 5.74) is 0.0494. The van der Waals surface area contributed by atoms with Crippen molar-refractivity contribution in [2.75, 3.05) is 5.32 Å². The Kier molecular flexibility index (Phi) is 3.25. The van der Waals surface area contributed by atoms with E-state index in [0.717, 1.165) is 10.9 Å². The van der Waals surface area contributed by atoms with Gasteiger partial charge in [0.1, 0.15) is 0 Å². The lowest BCUT2D eigenvalue weighted by molar-refractivity contribution is 0.542. The first kappa shape index (κ1) is 10.4. The largest absolute Gasteiger partial charge is 0.349 e. The minimum atomic E-state index is 0.0494. The second-order valence-electron chi connectivity index (χ2n) is 3.59. The number of nitrogens with zero attached hydrogens (tertiary/aromatic N) is 2. The maximum atomic E-state index is 4.14. The minimum absolute atomic E-state index is 0.0494. The Morgan fingerprint density at radius 1 is 1.38 bits per heavy atom. The molecule has 0 aliphatic rings. The first-order valence-electron chi connectivity index (χ1n) is 4.29. The molecule has 0 unspecified atom stereocenters. The molecule has 1 rings (SSSR count). The zero-order valence-electron chi connectivity index (χ0n) is 8.13. The van der Waals surface area contributed by atoms with Gasteiger partial charge in [0.15, 0.2) is 0 Å². The van der Waals surface area contributed by atoms with Gasteiger partial charge in [0.05, 0.1) is 4.47 Å². The summed E-state index contributed by atoms with van der Waals surface area (Å²) in [6.45, 7) is 6.38. The molecule has 0 fully saturated rings. The summed E-state index contributed by atoms with van der Waals surface area (Å²) in [6.07, 6.45) is 4.51. The predicted molar refractivity (Wildman–Crippen MR) is 57.7 cm³/mol. The molecule has 0 saturated carbocycles. The molecule has 0 radical (unpaired) electrons. The molecule has 4 heteroatoms. The molecule has 1 aromatic heterocycles. The van der Waals surface area contributed by atoms with Crippen LogP contribution in [0.3, 0.4) is 0 Å². The Labute approximate surface area is 87.1 Å². The number of halogens is 1. The minimum Gasteiger partial charge on any atom is -0.349 e. The van der Waals surface area contributed by atoms with Gasteiger partial charge in [-0.2, -0.15) is 0 Å². The average Bonchev–Trinajstić information content (AvgIpc) is 2.09. The lowest BCUT2D eigenvalue weighted by Crippen LogP contribution is -2.30. The van der Waals surface area contributed by atoms with E-state index in [-0.39, 0.29) is 5.54 Å². The van der Waals surface area contributed by atoms with E-state index < -0.39 is 0 Å². The molecule has 0 bridgehead atoms. The average molecular weight is 244 g/mol. The summed E-state index contributed by atoms with van der Waals surface area (Å²) in [6, 6.07) is 0. The van der Waals surface area contributed by atoms with E-state index in [1.807, 2.05) is 0 Å². The van der Waals surface area contributed by atoms with Gasteiger partial charge >= 0.3 is 0 Å². The van der Waals surface area contributed by atoms with Gasteiger partial charge in [-0.1, -0.05) is 6.92 Å². The smallest absolute Gasteiger partial charge is 0.223 e. The van der Waals surface area contributed by atoms with Gasteiger partial charge in [0.2, 0.25) is 5.95 Å². The van der Waals surface area contributed by atoms with Crippen LogP contribution in [-0.4, -0.2) is 15.5 Å². The molecule has 0 amide bonds. The Hall–Kier alpha value is -0.640. The molecule has 0 spiro atoms. The fourth-order valence-electron chi connectivity index (χ4n) is 0.768. The third-order valence-corrected chi connectivity index (χ3v) is 2.36. The molecule has 0 aliphatic heterocycles. The van der Waals surface area contributed by atoms with Crippen LogP contribution in [0.4, 0.5) is 5.95 Å². The van der Waals surface area contributed by atoms with Crippen LogP contribution in [0.15, 0.2) is 16.9 Å². The van der Waals surface area contributed by atoms with Crippen LogP contribution in [0.1, 0.15) is 27.2 Å². The molecule has 0 aromatic carbocycles. The maximum Gasteiger partial charge on any atom is 0.223 e. The second-order valence-corrected chi connectivity index (χ2v) is 4.50. The topological polar surface area (TPSA) is 37.8 Å². The Bertz CT molecular complexity index is 269. The normalized spacial score (nSPS) is 11.4. The quantitative estimate of drug-likeness (QED) is 0.888. The van der Waals surface area contributed by atoms with Crippen molar-refractivity contribution >= 4 is 21.9 Å². The summed E-state index contributed by atoms with van der Waals surface area (Å²) in [7, 11) is 0. The van der Waals surface area contributed by atoms with Crippen LogP contribution in [0.2, 0.25) is 0 Å². The van der Waals surface area contributed by atoms with Crippen LogP contribution >= 0.6 is 15.9 Å². The fraction of sp³-hybridized carbons (Fsp3) is 0.556. The first-order valence-corrected chi connectivity index (χ1v) is 5.08. The van der Waals surface area contributed by atoms with E-state index >= 15 is 0 Å². The van der Waals surface area contributed by atoms with Crippen LogP contribution < -0.4 is 5.32 Å². The summed E-state index contributed by atoms with van der Waals surface area (Å²) < 4.78 is 0.896. The molecule has 0 atom stereocenters. The summed E-state index contributed by atoms with van der Waals surface area (Å²) >= 11 is 3.29. The first-order chi connectivity index (χ1) is 6.03. The zero-order chi connectivity index (χ0) is 9.90. The highest BCUT2D eigenvalue weighted by Gasteiger charge is 2.15. The molecule has 1 aromatic rings. The third-order valence-electron chi connectivity index (χ3n) is 1.95. The van der Waals surface area contributed by atoms with E-state index in [1.165, 1.54) is 0 Å². The van der Waals surface area contributed by atoms with Gasteiger partial charge in [-0.15, -0.1) is 0 Å². The highest BCUT2D eigenvalue weighted by Crippen LogP contribution is 2.14. The van der Waals surface area contributed by atoms with Crippen molar-refractivity contribution in [3.05, 3.63) is 16.9 Å². The molecular weight excluding hydrogens is 230 g/mol. The van der Waals surface area contributed by atoms with Crippen LogP contribution in [0, 0.1) is 0 Å². The van der Waals surface area contributed by atoms with Crippen molar-refractivity contribution in [1.82, 2.24) is 9.97 Å². The van der Waals surface area contributed by atoms with Crippen molar-refractivity contribution in [3.63, 3.8) is 0 Å². The molecule has 1 N–H and O–H groups in total. The van der Waals surface area contributed by atoms with Crippen LogP contribution in [-0.2, 0) is 0 Å².